The lowest BCUT2D eigenvalue weighted by Crippen LogP contribution is -2.24. The van der Waals surface area contributed by atoms with Gasteiger partial charge in [0.05, 0.1) is 22.8 Å². The van der Waals surface area contributed by atoms with Crippen molar-refractivity contribution in [1.29, 1.82) is 0 Å². The lowest BCUT2D eigenvalue weighted by molar-refractivity contribution is 1.14. The average molecular weight is 275 g/mol. The van der Waals surface area contributed by atoms with Gasteiger partial charge in [-0.1, -0.05) is 24.3 Å². The zero-order chi connectivity index (χ0) is 14.1. The minimum absolute atomic E-state index is 0.576. The normalized spacial score (nSPS) is 15.7. The van der Waals surface area contributed by atoms with Crippen LogP contribution in [-0.2, 0) is 0 Å². The summed E-state index contributed by atoms with van der Waals surface area (Å²) in [5.41, 5.74) is 4.82. The number of aliphatic imine (C=N–C) groups is 1. The molecule has 0 unspecified atom stereocenters. The topological polar surface area (TPSA) is 62.2 Å². The van der Waals surface area contributed by atoms with Gasteiger partial charge in [-0.15, -0.1) is 0 Å². The van der Waals surface area contributed by atoms with E-state index in [1.165, 1.54) is 0 Å². The van der Waals surface area contributed by atoms with Crippen LogP contribution in [0.5, 0.6) is 0 Å². The molecule has 0 amide bonds. The number of aromatic nitrogens is 2. The standard InChI is InChI=1S/C16H13N5/c1-2-6-12-11(5-1)19-13-7-3-8-14(15(13)20-12)21-16-17-9-4-10-18-16/h1-2,4-10,19H,3H2,(H,17,18,21). The molecule has 0 spiro atoms. The van der Waals surface area contributed by atoms with E-state index in [4.69, 9.17) is 4.99 Å². The van der Waals surface area contributed by atoms with E-state index < -0.39 is 0 Å². The second-order valence-electron chi connectivity index (χ2n) is 4.77. The zero-order valence-corrected chi connectivity index (χ0v) is 11.2. The first-order chi connectivity index (χ1) is 10.4. The fourth-order valence-electron chi connectivity index (χ4n) is 2.40. The van der Waals surface area contributed by atoms with Crippen LogP contribution in [0.4, 0.5) is 17.3 Å². The van der Waals surface area contributed by atoms with Crippen molar-refractivity contribution in [2.45, 2.75) is 6.42 Å². The maximum Gasteiger partial charge on any atom is 0.227 e. The molecule has 0 saturated carbocycles. The highest BCUT2D eigenvalue weighted by Gasteiger charge is 2.22. The summed E-state index contributed by atoms with van der Waals surface area (Å²) in [5.74, 6) is 0.576. The first-order valence-electron chi connectivity index (χ1n) is 6.80. The smallest absolute Gasteiger partial charge is 0.227 e. The molecule has 102 valence electrons. The van der Waals surface area contributed by atoms with Crippen LogP contribution < -0.4 is 10.6 Å². The maximum atomic E-state index is 4.74. The molecule has 5 heteroatoms. The van der Waals surface area contributed by atoms with Crippen molar-refractivity contribution in [3.05, 3.63) is 66.3 Å². The third-order valence-electron chi connectivity index (χ3n) is 3.37. The third kappa shape index (κ3) is 2.18. The van der Waals surface area contributed by atoms with Crippen LogP contribution in [0.3, 0.4) is 0 Å². The minimum Gasteiger partial charge on any atom is -0.352 e. The van der Waals surface area contributed by atoms with Crippen molar-refractivity contribution in [2.24, 2.45) is 4.99 Å². The summed E-state index contributed by atoms with van der Waals surface area (Å²) >= 11 is 0. The van der Waals surface area contributed by atoms with Gasteiger partial charge in [-0.2, -0.15) is 0 Å². The van der Waals surface area contributed by atoms with E-state index >= 15 is 0 Å². The fraction of sp³-hybridized carbons (Fsp3) is 0.0625. The largest absolute Gasteiger partial charge is 0.352 e. The first kappa shape index (κ1) is 11.8. The second kappa shape index (κ2) is 4.86. The molecule has 2 heterocycles. The molecule has 1 aromatic carbocycles. The van der Waals surface area contributed by atoms with Gasteiger partial charge in [0.1, 0.15) is 5.71 Å². The summed E-state index contributed by atoms with van der Waals surface area (Å²) in [6.45, 7) is 0. The highest BCUT2D eigenvalue weighted by Crippen LogP contribution is 2.33. The Kier molecular flexibility index (Phi) is 2.74. The maximum absolute atomic E-state index is 4.74. The Labute approximate surface area is 122 Å². The second-order valence-corrected chi connectivity index (χ2v) is 4.77. The van der Waals surface area contributed by atoms with Crippen molar-refractivity contribution in [2.75, 3.05) is 10.6 Å². The lowest BCUT2D eigenvalue weighted by atomic mass is 10.0. The molecule has 4 rings (SSSR count). The predicted octanol–water partition coefficient (Wildman–Crippen LogP) is 3.26. The van der Waals surface area contributed by atoms with E-state index in [-0.39, 0.29) is 0 Å². The monoisotopic (exact) mass is 275 g/mol. The minimum atomic E-state index is 0.576. The molecule has 1 aromatic heterocycles. The molecule has 21 heavy (non-hydrogen) atoms. The van der Waals surface area contributed by atoms with Crippen LogP contribution in [0.15, 0.2) is 71.3 Å². The Balaban J connectivity index is 1.71. The lowest BCUT2D eigenvalue weighted by Gasteiger charge is -2.25. The summed E-state index contributed by atoms with van der Waals surface area (Å²) in [5, 5.41) is 6.66. The summed E-state index contributed by atoms with van der Waals surface area (Å²) in [6.07, 6.45) is 8.50. The number of hydrogen-bond donors (Lipinski definition) is 2. The molecule has 0 fully saturated rings. The van der Waals surface area contributed by atoms with Crippen LogP contribution >= 0.6 is 0 Å². The number of fused-ring (bicyclic) bond motifs is 2. The molecule has 2 aromatic rings. The van der Waals surface area contributed by atoms with Gasteiger partial charge in [-0.3, -0.25) is 0 Å². The molecule has 0 saturated heterocycles. The first-order valence-corrected chi connectivity index (χ1v) is 6.80. The van der Waals surface area contributed by atoms with Crippen molar-refractivity contribution in [1.82, 2.24) is 9.97 Å². The van der Waals surface area contributed by atoms with Gasteiger partial charge in [-0.25, -0.2) is 15.0 Å². The summed E-state index contributed by atoms with van der Waals surface area (Å²) < 4.78 is 0. The highest BCUT2D eigenvalue weighted by atomic mass is 15.1. The van der Waals surface area contributed by atoms with Gasteiger partial charge in [0.15, 0.2) is 0 Å². The number of benzene rings is 1. The molecule has 2 aliphatic rings. The van der Waals surface area contributed by atoms with Gasteiger partial charge in [-0.05, 0) is 24.6 Å². The predicted molar refractivity (Wildman–Crippen MR) is 83.6 cm³/mol. The summed E-state index contributed by atoms with van der Waals surface area (Å²) in [4.78, 5) is 13.1. The van der Waals surface area contributed by atoms with Crippen LogP contribution in [0.2, 0.25) is 0 Å². The molecule has 5 nitrogen and oxygen atoms in total. The molecule has 1 aliphatic heterocycles. The van der Waals surface area contributed by atoms with Gasteiger partial charge < -0.3 is 10.6 Å². The van der Waals surface area contributed by atoms with Crippen molar-refractivity contribution in [3.63, 3.8) is 0 Å². The number of para-hydroxylation sites is 2. The van der Waals surface area contributed by atoms with E-state index in [0.29, 0.717) is 5.95 Å². The van der Waals surface area contributed by atoms with E-state index in [9.17, 15) is 0 Å². The molecule has 1 aliphatic carbocycles. The van der Waals surface area contributed by atoms with Crippen LogP contribution in [0.1, 0.15) is 6.42 Å². The van der Waals surface area contributed by atoms with Crippen molar-refractivity contribution in [3.8, 4) is 0 Å². The Bertz CT molecular complexity index is 774. The zero-order valence-electron chi connectivity index (χ0n) is 11.2. The molecule has 0 bridgehead atoms. The number of hydrogen-bond acceptors (Lipinski definition) is 5. The Hall–Kier alpha value is -2.95. The number of allylic oxidation sites excluding steroid dienone is 2. The quantitative estimate of drug-likeness (QED) is 0.883. The fourth-order valence-corrected chi connectivity index (χ4v) is 2.40. The Morgan fingerprint density at radius 1 is 1.00 bits per heavy atom. The average Bonchev–Trinajstić information content (AvgIpc) is 2.54. The van der Waals surface area contributed by atoms with Crippen LogP contribution in [0, 0.1) is 0 Å². The number of nitrogens with zero attached hydrogens (tertiary/aromatic N) is 3. The van der Waals surface area contributed by atoms with Gasteiger partial charge in [0.25, 0.3) is 0 Å². The van der Waals surface area contributed by atoms with Gasteiger partial charge in [0.2, 0.25) is 5.95 Å². The Morgan fingerprint density at radius 3 is 2.76 bits per heavy atom. The summed E-state index contributed by atoms with van der Waals surface area (Å²) in [7, 11) is 0. The molecular weight excluding hydrogens is 262 g/mol. The number of nitrogens with one attached hydrogen (secondary N) is 2. The molecule has 2 N–H and O–H groups in total. The molecular formula is C16H13N5. The van der Waals surface area contributed by atoms with Crippen molar-refractivity contribution < 1.29 is 0 Å². The Morgan fingerprint density at radius 2 is 1.86 bits per heavy atom. The van der Waals surface area contributed by atoms with E-state index in [1.807, 2.05) is 24.3 Å². The third-order valence-corrected chi connectivity index (χ3v) is 3.37. The highest BCUT2D eigenvalue weighted by molar-refractivity contribution is 6.19. The van der Waals surface area contributed by atoms with Crippen LogP contribution in [0.25, 0.3) is 0 Å². The van der Waals surface area contributed by atoms with Gasteiger partial charge >= 0.3 is 0 Å². The molecule has 0 radical (unpaired) electrons. The molecule has 0 atom stereocenters. The number of rotatable bonds is 2. The number of anilines is 2. The van der Waals surface area contributed by atoms with Gasteiger partial charge in [0, 0.05) is 12.4 Å². The SMILES string of the molecule is C1=C(Nc2ncccn2)C2=Nc3ccccc3NC2=CC1. The van der Waals surface area contributed by atoms with E-state index in [1.54, 1.807) is 18.5 Å². The summed E-state index contributed by atoms with van der Waals surface area (Å²) in [6, 6.07) is 9.81. The van der Waals surface area contributed by atoms with E-state index in [2.05, 4.69) is 32.8 Å². The van der Waals surface area contributed by atoms with E-state index in [0.717, 1.165) is 34.9 Å². The van der Waals surface area contributed by atoms with Crippen molar-refractivity contribution >= 4 is 23.0 Å². The van der Waals surface area contributed by atoms with Crippen LogP contribution in [-0.4, -0.2) is 15.7 Å².